The van der Waals surface area contributed by atoms with Gasteiger partial charge in [-0.3, -0.25) is 24.2 Å². The Morgan fingerprint density at radius 2 is 2.14 bits per heavy atom. The molecule has 2 aliphatic rings. The van der Waals surface area contributed by atoms with Gasteiger partial charge in [0, 0.05) is 19.0 Å². The predicted octanol–water partition coefficient (Wildman–Crippen LogP) is 1.10. The molecule has 0 saturated carbocycles. The molecule has 6 nitrogen and oxygen atoms in total. The molecule has 0 aromatic rings. The quantitative estimate of drug-likeness (QED) is 0.769. The number of piperidine rings is 1. The summed E-state index contributed by atoms with van der Waals surface area (Å²) in [6, 6.07) is -0.447. The molecule has 0 aromatic heterocycles. The summed E-state index contributed by atoms with van der Waals surface area (Å²) < 4.78 is 0. The van der Waals surface area contributed by atoms with Crippen molar-refractivity contribution in [3.8, 4) is 0 Å². The van der Waals surface area contributed by atoms with E-state index in [9.17, 15) is 14.4 Å². The zero-order chi connectivity index (χ0) is 15.6. The number of carbonyl (C=O) groups is 3. The van der Waals surface area contributed by atoms with Crippen LogP contribution >= 0.6 is 0 Å². The third-order valence-corrected chi connectivity index (χ3v) is 4.65. The van der Waals surface area contributed by atoms with Gasteiger partial charge in [-0.05, 0) is 38.6 Å². The molecule has 21 heavy (non-hydrogen) atoms. The molecule has 2 saturated heterocycles. The van der Waals surface area contributed by atoms with Gasteiger partial charge in [0.05, 0.1) is 12.5 Å². The van der Waals surface area contributed by atoms with E-state index in [0.29, 0.717) is 6.54 Å². The van der Waals surface area contributed by atoms with Gasteiger partial charge < -0.3 is 5.11 Å². The number of carbonyl (C=O) groups excluding carboxylic acids is 2. The molecule has 6 heteroatoms. The lowest BCUT2D eigenvalue weighted by atomic mass is 9.93. The number of carboxylic acids is 1. The van der Waals surface area contributed by atoms with E-state index < -0.39 is 5.97 Å². The summed E-state index contributed by atoms with van der Waals surface area (Å²) in [6.07, 6.45) is 2.90. The standard InChI is InChI=1S/C15H24N2O4/c1-3-10(2)17-13(18)8-12(15(17)21)16-6-4-5-11(9-16)7-14(19)20/h10-12H,3-9H2,1-2H3,(H,19,20). The molecule has 3 atom stereocenters. The van der Waals surface area contributed by atoms with Crippen LogP contribution in [-0.4, -0.2) is 57.9 Å². The van der Waals surface area contributed by atoms with E-state index in [1.54, 1.807) is 0 Å². The van der Waals surface area contributed by atoms with Crippen LogP contribution in [0.15, 0.2) is 0 Å². The molecule has 1 N–H and O–H groups in total. The van der Waals surface area contributed by atoms with E-state index in [0.717, 1.165) is 25.8 Å². The fourth-order valence-corrected chi connectivity index (χ4v) is 3.36. The first-order valence-electron chi connectivity index (χ1n) is 7.75. The number of nitrogens with zero attached hydrogens (tertiary/aromatic N) is 2. The Hall–Kier alpha value is -1.43. The number of carboxylic acid groups (broad SMARTS) is 1. The normalized spacial score (nSPS) is 29.0. The highest BCUT2D eigenvalue weighted by molar-refractivity contribution is 6.05. The lowest BCUT2D eigenvalue weighted by Gasteiger charge is -2.35. The second-order valence-electron chi connectivity index (χ2n) is 6.18. The SMILES string of the molecule is CCC(C)N1C(=O)CC(N2CCCC(CC(=O)O)C2)C1=O. The van der Waals surface area contributed by atoms with Gasteiger partial charge >= 0.3 is 5.97 Å². The highest BCUT2D eigenvalue weighted by Crippen LogP contribution is 2.27. The van der Waals surface area contributed by atoms with Crippen LogP contribution in [0.3, 0.4) is 0 Å². The van der Waals surface area contributed by atoms with E-state index in [1.807, 2.05) is 18.7 Å². The average Bonchev–Trinajstić information content (AvgIpc) is 2.73. The maximum absolute atomic E-state index is 12.5. The molecule has 3 unspecified atom stereocenters. The molecule has 0 radical (unpaired) electrons. The fraction of sp³-hybridized carbons (Fsp3) is 0.800. The molecule has 2 rings (SSSR count). The first-order chi connectivity index (χ1) is 9.93. The van der Waals surface area contributed by atoms with E-state index in [-0.39, 0.29) is 42.7 Å². The van der Waals surface area contributed by atoms with Gasteiger partial charge in [0.1, 0.15) is 0 Å². The summed E-state index contributed by atoms with van der Waals surface area (Å²) >= 11 is 0. The van der Waals surface area contributed by atoms with Crippen molar-refractivity contribution in [3.63, 3.8) is 0 Å². The number of hydrogen-bond donors (Lipinski definition) is 1. The highest BCUT2D eigenvalue weighted by atomic mass is 16.4. The molecule has 0 bridgehead atoms. The van der Waals surface area contributed by atoms with Gasteiger partial charge in [-0.2, -0.15) is 0 Å². The van der Waals surface area contributed by atoms with E-state index >= 15 is 0 Å². The molecule has 0 aromatic carbocycles. The zero-order valence-electron chi connectivity index (χ0n) is 12.7. The van der Waals surface area contributed by atoms with Crippen LogP contribution in [0.25, 0.3) is 0 Å². The second-order valence-corrected chi connectivity index (χ2v) is 6.18. The Bertz CT molecular complexity index is 437. The largest absolute Gasteiger partial charge is 0.481 e. The number of rotatable bonds is 5. The minimum Gasteiger partial charge on any atom is -0.481 e. The Kier molecular flexibility index (Phi) is 4.98. The summed E-state index contributed by atoms with van der Waals surface area (Å²) in [5, 5.41) is 8.91. The van der Waals surface area contributed by atoms with Crippen LogP contribution < -0.4 is 0 Å². The van der Waals surface area contributed by atoms with Gasteiger partial charge in [0.15, 0.2) is 0 Å². The Morgan fingerprint density at radius 1 is 1.43 bits per heavy atom. The monoisotopic (exact) mass is 296 g/mol. The zero-order valence-corrected chi connectivity index (χ0v) is 12.7. The van der Waals surface area contributed by atoms with Gasteiger partial charge in [-0.1, -0.05) is 6.92 Å². The lowest BCUT2D eigenvalue weighted by molar-refractivity contribution is -0.142. The first kappa shape index (κ1) is 15.9. The summed E-state index contributed by atoms with van der Waals surface area (Å²) in [6.45, 7) is 5.22. The number of likely N-dealkylation sites (tertiary alicyclic amines) is 2. The van der Waals surface area contributed by atoms with E-state index in [4.69, 9.17) is 5.11 Å². The van der Waals surface area contributed by atoms with Gasteiger partial charge in [-0.15, -0.1) is 0 Å². The van der Waals surface area contributed by atoms with E-state index in [2.05, 4.69) is 0 Å². The summed E-state index contributed by atoms with van der Waals surface area (Å²) in [7, 11) is 0. The van der Waals surface area contributed by atoms with Gasteiger partial charge in [-0.25, -0.2) is 0 Å². The summed E-state index contributed by atoms with van der Waals surface area (Å²) in [4.78, 5) is 38.8. The molecule has 118 valence electrons. The summed E-state index contributed by atoms with van der Waals surface area (Å²) in [5.74, 6) is -0.918. The molecular formula is C15H24N2O4. The second kappa shape index (κ2) is 6.56. The molecule has 2 heterocycles. The van der Waals surface area contributed by atoms with Crippen LogP contribution in [-0.2, 0) is 14.4 Å². The highest BCUT2D eigenvalue weighted by Gasteiger charge is 2.44. The Balaban J connectivity index is 2.03. The maximum atomic E-state index is 12.5. The first-order valence-corrected chi connectivity index (χ1v) is 7.75. The third-order valence-electron chi connectivity index (χ3n) is 4.65. The van der Waals surface area contributed by atoms with Crippen molar-refractivity contribution in [3.05, 3.63) is 0 Å². The average molecular weight is 296 g/mol. The van der Waals surface area contributed by atoms with Crippen LogP contribution in [0.1, 0.15) is 46.0 Å². The van der Waals surface area contributed by atoms with Crippen molar-refractivity contribution in [2.45, 2.75) is 58.0 Å². The van der Waals surface area contributed by atoms with Crippen molar-refractivity contribution < 1.29 is 19.5 Å². The topological polar surface area (TPSA) is 77.9 Å². The Morgan fingerprint density at radius 3 is 2.76 bits per heavy atom. The van der Waals surface area contributed by atoms with Crippen LogP contribution in [0, 0.1) is 5.92 Å². The minimum atomic E-state index is -0.795. The molecule has 2 aliphatic heterocycles. The van der Waals surface area contributed by atoms with Gasteiger partial charge in [0.2, 0.25) is 11.8 Å². The smallest absolute Gasteiger partial charge is 0.303 e. The van der Waals surface area contributed by atoms with Crippen molar-refractivity contribution in [2.24, 2.45) is 5.92 Å². The predicted molar refractivity (Wildman–Crippen MR) is 76.6 cm³/mol. The van der Waals surface area contributed by atoms with Crippen LogP contribution in [0.5, 0.6) is 0 Å². The number of hydrogen-bond acceptors (Lipinski definition) is 4. The molecule has 2 amide bonds. The fourth-order valence-electron chi connectivity index (χ4n) is 3.36. The summed E-state index contributed by atoms with van der Waals surface area (Å²) in [5.41, 5.74) is 0. The van der Waals surface area contributed by atoms with E-state index in [1.165, 1.54) is 4.90 Å². The number of imide groups is 1. The number of amides is 2. The lowest BCUT2D eigenvalue weighted by Crippen LogP contribution is -2.48. The Labute approximate surface area is 125 Å². The molecule has 0 aliphatic carbocycles. The molecular weight excluding hydrogens is 272 g/mol. The van der Waals surface area contributed by atoms with Crippen molar-refractivity contribution >= 4 is 17.8 Å². The van der Waals surface area contributed by atoms with Crippen LogP contribution in [0.4, 0.5) is 0 Å². The van der Waals surface area contributed by atoms with Crippen molar-refractivity contribution in [2.75, 3.05) is 13.1 Å². The van der Waals surface area contributed by atoms with Gasteiger partial charge in [0.25, 0.3) is 0 Å². The van der Waals surface area contributed by atoms with Crippen molar-refractivity contribution in [1.29, 1.82) is 0 Å². The van der Waals surface area contributed by atoms with Crippen LogP contribution in [0.2, 0.25) is 0 Å². The minimum absolute atomic E-state index is 0.0605. The van der Waals surface area contributed by atoms with Crippen molar-refractivity contribution in [1.82, 2.24) is 9.80 Å². The third kappa shape index (κ3) is 3.43. The molecule has 2 fully saturated rings. The maximum Gasteiger partial charge on any atom is 0.303 e. The molecule has 0 spiro atoms. The number of aliphatic carboxylic acids is 1.